The number of hydrazine groups is 1. The van der Waals surface area contributed by atoms with Gasteiger partial charge in [0.25, 0.3) is 0 Å². The standard InChI is InChI=1S/C14H26N4/c1-16-6-4-14(5-7-16)17-8-2-13(3-9-17)12-15-18-10-11-18/h10-11,13-15H,2-9,12H2,1H3. The van der Waals surface area contributed by atoms with Crippen LogP contribution < -0.4 is 5.43 Å². The Bertz CT molecular complexity index is 282. The summed E-state index contributed by atoms with van der Waals surface area (Å²) in [5, 5.41) is 2.07. The Morgan fingerprint density at radius 2 is 1.67 bits per heavy atom. The average Bonchev–Trinajstić information content (AvgIpc) is 3.22. The Hall–Kier alpha value is -0.580. The van der Waals surface area contributed by atoms with Crippen molar-refractivity contribution < 1.29 is 0 Å². The van der Waals surface area contributed by atoms with Crippen LogP contribution in [0.5, 0.6) is 0 Å². The molecule has 0 aliphatic carbocycles. The van der Waals surface area contributed by atoms with E-state index in [1.165, 1.54) is 51.9 Å². The average molecular weight is 250 g/mol. The second-order valence-corrected chi connectivity index (χ2v) is 6.08. The van der Waals surface area contributed by atoms with Gasteiger partial charge in [-0.15, -0.1) is 0 Å². The predicted octanol–water partition coefficient (Wildman–Crippen LogP) is 1.08. The van der Waals surface area contributed by atoms with Crippen LogP contribution in [-0.2, 0) is 0 Å². The van der Waals surface area contributed by atoms with Gasteiger partial charge in [0.1, 0.15) is 0 Å². The second kappa shape index (κ2) is 5.59. The smallest absolute Gasteiger partial charge is 0.0387 e. The molecule has 2 fully saturated rings. The van der Waals surface area contributed by atoms with E-state index in [2.05, 4.69) is 39.7 Å². The molecule has 1 N–H and O–H groups in total. The fourth-order valence-electron chi connectivity index (χ4n) is 3.26. The first-order valence-electron chi connectivity index (χ1n) is 7.44. The maximum absolute atomic E-state index is 3.42. The Kier molecular flexibility index (Phi) is 3.87. The van der Waals surface area contributed by atoms with Crippen LogP contribution >= 0.6 is 0 Å². The van der Waals surface area contributed by atoms with Crippen LogP contribution in [0, 0.1) is 5.92 Å². The highest BCUT2D eigenvalue weighted by atomic mass is 15.5. The quantitative estimate of drug-likeness (QED) is 0.806. The van der Waals surface area contributed by atoms with Crippen molar-refractivity contribution in [1.82, 2.24) is 20.2 Å². The van der Waals surface area contributed by atoms with Gasteiger partial charge in [-0.3, -0.25) is 5.01 Å². The van der Waals surface area contributed by atoms with Crippen LogP contribution in [0.2, 0.25) is 0 Å². The lowest BCUT2D eigenvalue weighted by molar-refractivity contribution is 0.0834. The molecule has 0 aromatic carbocycles. The lowest BCUT2D eigenvalue weighted by Gasteiger charge is -2.41. The van der Waals surface area contributed by atoms with Crippen LogP contribution in [0.1, 0.15) is 25.7 Å². The van der Waals surface area contributed by atoms with E-state index in [-0.39, 0.29) is 0 Å². The summed E-state index contributed by atoms with van der Waals surface area (Å²) in [4.78, 5) is 5.21. The molecular weight excluding hydrogens is 224 g/mol. The molecule has 0 aromatic heterocycles. The summed E-state index contributed by atoms with van der Waals surface area (Å²) in [6.45, 7) is 6.34. The zero-order chi connectivity index (χ0) is 12.4. The normalized spacial score (nSPS) is 27.9. The predicted molar refractivity (Wildman–Crippen MR) is 73.8 cm³/mol. The summed E-state index contributed by atoms with van der Waals surface area (Å²) in [6, 6.07) is 0.865. The van der Waals surface area contributed by atoms with Gasteiger partial charge in [0.05, 0.1) is 0 Å². The number of hydrogen-bond donors (Lipinski definition) is 1. The van der Waals surface area contributed by atoms with Crippen molar-refractivity contribution in [1.29, 1.82) is 0 Å². The highest BCUT2D eigenvalue weighted by molar-refractivity contribution is 4.97. The Balaban J connectivity index is 1.36. The third kappa shape index (κ3) is 3.25. The third-order valence-electron chi connectivity index (χ3n) is 4.71. The van der Waals surface area contributed by atoms with Gasteiger partial charge < -0.3 is 9.80 Å². The molecule has 0 aromatic rings. The summed E-state index contributed by atoms with van der Waals surface area (Å²) in [6.07, 6.45) is 9.63. The molecule has 3 aliphatic heterocycles. The van der Waals surface area contributed by atoms with E-state index < -0.39 is 0 Å². The van der Waals surface area contributed by atoms with Crippen LogP contribution in [0.4, 0.5) is 0 Å². The number of hydrogen-bond acceptors (Lipinski definition) is 4. The SMILES string of the molecule is CN1CCC(N2CCC(CNN3C=C3)CC2)CC1. The first-order chi connectivity index (χ1) is 8.81. The monoisotopic (exact) mass is 250 g/mol. The molecule has 0 spiro atoms. The summed E-state index contributed by atoms with van der Waals surface area (Å²) in [5.74, 6) is 0.870. The molecule has 0 amide bonds. The summed E-state index contributed by atoms with van der Waals surface area (Å²) in [5.41, 5.74) is 3.42. The highest BCUT2D eigenvalue weighted by Crippen LogP contribution is 2.23. The highest BCUT2D eigenvalue weighted by Gasteiger charge is 2.27. The van der Waals surface area contributed by atoms with Gasteiger partial charge in [0.2, 0.25) is 0 Å². The van der Waals surface area contributed by atoms with E-state index in [1.54, 1.807) is 0 Å². The van der Waals surface area contributed by atoms with E-state index in [0.717, 1.165) is 18.5 Å². The molecule has 3 heterocycles. The summed E-state index contributed by atoms with van der Waals surface area (Å²) >= 11 is 0. The molecule has 0 bridgehead atoms. The molecule has 0 saturated carbocycles. The first kappa shape index (κ1) is 12.5. The van der Waals surface area contributed by atoms with Crippen molar-refractivity contribution in [2.75, 3.05) is 39.8 Å². The van der Waals surface area contributed by atoms with Gasteiger partial charge in [-0.05, 0) is 64.8 Å². The maximum Gasteiger partial charge on any atom is 0.0387 e. The fraction of sp³-hybridized carbons (Fsp3) is 0.857. The number of likely N-dealkylation sites (tertiary alicyclic amines) is 2. The van der Waals surface area contributed by atoms with Crippen LogP contribution in [0.25, 0.3) is 0 Å². The van der Waals surface area contributed by atoms with Crippen LogP contribution in [-0.4, -0.2) is 60.6 Å². The first-order valence-corrected chi connectivity index (χ1v) is 7.44. The topological polar surface area (TPSA) is 21.5 Å². The molecule has 102 valence electrons. The van der Waals surface area contributed by atoms with Crippen molar-refractivity contribution in [3.8, 4) is 0 Å². The fourth-order valence-corrected chi connectivity index (χ4v) is 3.26. The molecular formula is C14H26N4. The molecule has 3 aliphatic rings. The number of rotatable bonds is 4. The van der Waals surface area contributed by atoms with E-state index in [9.17, 15) is 0 Å². The minimum atomic E-state index is 0.865. The van der Waals surface area contributed by atoms with Gasteiger partial charge in [-0.25, -0.2) is 5.43 Å². The Morgan fingerprint density at radius 1 is 1.00 bits per heavy atom. The number of nitrogens with zero attached hydrogens (tertiary/aromatic N) is 3. The number of nitrogens with one attached hydrogen (secondary N) is 1. The van der Waals surface area contributed by atoms with Gasteiger partial charge in [-0.2, -0.15) is 0 Å². The zero-order valence-corrected chi connectivity index (χ0v) is 11.5. The van der Waals surface area contributed by atoms with Gasteiger partial charge in [0, 0.05) is 25.0 Å². The molecule has 0 unspecified atom stereocenters. The summed E-state index contributed by atoms with van der Waals surface area (Å²) < 4.78 is 0. The Morgan fingerprint density at radius 3 is 2.28 bits per heavy atom. The second-order valence-electron chi connectivity index (χ2n) is 6.08. The Labute approximate surface area is 111 Å². The third-order valence-corrected chi connectivity index (χ3v) is 4.71. The minimum absolute atomic E-state index is 0.865. The van der Waals surface area contributed by atoms with Gasteiger partial charge in [0.15, 0.2) is 0 Å². The van der Waals surface area contributed by atoms with Crippen molar-refractivity contribution in [3.05, 3.63) is 12.4 Å². The van der Waals surface area contributed by atoms with Crippen molar-refractivity contribution in [3.63, 3.8) is 0 Å². The maximum atomic E-state index is 3.42. The van der Waals surface area contributed by atoms with Gasteiger partial charge >= 0.3 is 0 Å². The van der Waals surface area contributed by atoms with E-state index >= 15 is 0 Å². The lowest BCUT2D eigenvalue weighted by atomic mass is 9.93. The molecule has 4 nitrogen and oxygen atoms in total. The van der Waals surface area contributed by atoms with E-state index in [1.807, 2.05) is 0 Å². The molecule has 0 radical (unpaired) electrons. The largest absolute Gasteiger partial charge is 0.306 e. The van der Waals surface area contributed by atoms with Crippen molar-refractivity contribution in [2.24, 2.45) is 5.92 Å². The van der Waals surface area contributed by atoms with Crippen molar-refractivity contribution in [2.45, 2.75) is 31.7 Å². The molecule has 18 heavy (non-hydrogen) atoms. The zero-order valence-electron chi connectivity index (χ0n) is 11.5. The minimum Gasteiger partial charge on any atom is -0.306 e. The molecule has 3 rings (SSSR count). The van der Waals surface area contributed by atoms with Crippen LogP contribution in [0.3, 0.4) is 0 Å². The van der Waals surface area contributed by atoms with Crippen molar-refractivity contribution >= 4 is 0 Å². The molecule has 2 saturated heterocycles. The lowest BCUT2D eigenvalue weighted by Crippen LogP contribution is -2.47. The van der Waals surface area contributed by atoms with Gasteiger partial charge in [-0.1, -0.05) is 0 Å². The van der Waals surface area contributed by atoms with E-state index in [0.29, 0.717) is 0 Å². The number of piperidine rings is 2. The van der Waals surface area contributed by atoms with E-state index in [4.69, 9.17) is 0 Å². The van der Waals surface area contributed by atoms with Crippen LogP contribution in [0.15, 0.2) is 12.4 Å². The summed E-state index contributed by atoms with van der Waals surface area (Å²) in [7, 11) is 2.25. The molecule has 4 heteroatoms. The molecule has 0 atom stereocenters.